The van der Waals surface area contributed by atoms with Gasteiger partial charge < -0.3 is 14.2 Å². The normalized spacial score (nSPS) is 16.2. The Balaban J connectivity index is 0.00000190. The van der Waals surface area contributed by atoms with E-state index in [0.717, 1.165) is 11.1 Å². The molecule has 5 heteroatoms. The average Bonchev–Trinajstić information content (AvgIpc) is 2.74. The fourth-order valence-corrected chi connectivity index (χ4v) is 2.78. The minimum absolute atomic E-state index is 0.0681. The molecule has 0 fully saturated rings. The standard InChI is InChI=1S/C21H26F2O3.C2H6/c1-5-16-6-8-17(9-7-16)13-26-15(3)25-12-14(2)18-10-11-19(24-4)21(23)20(18)22;1-2/h5-9,14-15H,1,10-13H2,2-4H3;1-2H3. The Bertz CT molecular complexity index is 678. The van der Waals surface area contributed by atoms with Crippen molar-refractivity contribution in [3.8, 4) is 0 Å². The zero-order valence-electron chi connectivity index (χ0n) is 17.6. The first-order chi connectivity index (χ1) is 13.5. The quantitative estimate of drug-likeness (QED) is 0.435. The maximum Gasteiger partial charge on any atom is 0.196 e. The van der Waals surface area contributed by atoms with Crippen LogP contribution in [0.4, 0.5) is 8.78 Å². The maximum absolute atomic E-state index is 14.2. The lowest BCUT2D eigenvalue weighted by Gasteiger charge is -2.23. The van der Waals surface area contributed by atoms with Crippen molar-refractivity contribution in [3.63, 3.8) is 0 Å². The second-order valence-corrected chi connectivity index (χ2v) is 6.34. The molecular formula is C23H32F2O3. The zero-order valence-corrected chi connectivity index (χ0v) is 17.6. The summed E-state index contributed by atoms with van der Waals surface area (Å²) >= 11 is 0. The number of rotatable bonds is 9. The molecule has 0 spiro atoms. The summed E-state index contributed by atoms with van der Waals surface area (Å²) in [5, 5.41) is 0. The first kappa shape index (κ1) is 24.1. The van der Waals surface area contributed by atoms with Crippen molar-refractivity contribution in [2.45, 2.75) is 53.4 Å². The number of hydrogen-bond donors (Lipinski definition) is 0. The molecule has 2 rings (SSSR count). The van der Waals surface area contributed by atoms with Crippen molar-refractivity contribution >= 4 is 6.08 Å². The summed E-state index contributed by atoms with van der Waals surface area (Å²) in [7, 11) is 1.35. The average molecular weight is 395 g/mol. The van der Waals surface area contributed by atoms with Gasteiger partial charge in [0.05, 0.1) is 20.3 Å². The van der Waals surface area contributed by atoms with Crippen LogP contribution in [-0.2, 0) is 20.8 Å². The molecule has 0 bridgehead atoms. The van der Waals surface area contributed by atoms with E-state index in [1.807, 2.05) is 45.0 Å². The lowest BCUT2D eigenvalue weighted by Crippen LogP contribution is -2.20. The van der Waals surface area contributed by atoms with Gasteiger partial charge in [0.15, 0.2) is 17.9 Å². The summed E-state index contributed by atoms with van der Waals surface area (Å²) in [5.41, 5.74) is 2.50. The van der Waals surface area contributed by atoms with Crippen LogP contribution < -0.4 is 0 Å². The van der Waals surface area contributed by atoms with Crippen molar-refractivity contribution < 1.29 is 23.0 Å². The Morgan fingerprint density at radius 1 is 1.04 bits per heavy atom. The largest absolute Gasteiger partial charge is 0.498 e. The van der Waals surface area contributed by atoms with E-state index < -0.39 is 17.9 Å². The van der Waals surface area contributed by atoms with Crippen LogP contribution in [0.1, 0.15) is 51.7 Å². The van der Waals surface area contributed by atoms with Gasteiger partial charge in [-0.3, -0.25) is 0 Å². The number of hydrogen-bond acceptors (Lipinski definition) is 3. The van der Waals surface area contributed by atoms with Crippen LogP contribution in [0.25, 0.3) is 6.08 Å². The molecule has 0 amide bonds. The molecule has 0 N–H and O–H groups in total. The Labute approximate surface area is 167 Å². The Morgan fingerprint density at radius 3 is 2.25 bits per heavy atom. The highest BCUT2D eigenvalue weighted by atomic mass is 19.2. The van der Waals surface area contributed by atoms with Gasteiger partial charge in [0.1, 0.15) is 5.76 Å². The molecule has 0 radical (unpaired) electrons. The smallest absolute Gasteiger partial charge is 0.196 e. The molecule has 0 heterocycles. The van der Waals surface area contributed by atoms with Crippen LogP contribution in [0.5, 0.6) is 0 Å². The summed E-state index contributed by atoms with van der Waals surface area (Å²) in [6.07, 6.45) is 2.13. The van der Waals surface area contributed by atoms with Crippen LogP contribution >= 0.6 is 0 Å². The molecular weight excluding hydrogens is 362 g/mol. The lowest BCUT2D eigenvalue weighted by atomic mass is 9.92. The third kappa shape index (κ3) is 6.88. The monoisotopic (exact) mass is 394 g/mol. The van der Waals surface area contributed by atoms with Gasteiger partial charge in [-0.15, -0.1) is 0 Å². The van der Waals surface area contributed by atoms with Crippen molar-refractivity contribution in [1.29, 1.82) is 0 Å². The Kier molecular flexibility index (Phi) is 10.7. The van der Waals surface area contributed by atoms with E-state index in [1.54, 1.807) is 13.0 Å². The zero-order chi connectivity index (χ0) is 21.1. The van der Waals surface area contributed by atoms with Crippen LogP contribution in [0.15, 0.2) is 53.8 Å². The van der Waals surface area contributed by atoms with Gasteiger partial charge in [0.25, 0.3) is 0 Å². The number of methoxy groups -OCH3 is 1. The predicted molar refractivity (Wildman–Crippen MR) is 110 cm³/mol. The van der Waals surface area contributed by atoms with E-state index in [9.17, 15) is 8.78 Å². The first-order valence-corrected chi connectivity index (χ1v) is 9.72. The number of benzene rings is 1. The summed E-state index contributed by atoms with van der Waals surface area (Å²) in [5.74, 6) is -1.89. The van der Waals surface area contributed by atoms with Crippen LogP contribution in [0.2, 0.25) is 0 Å². The second-order valence-electron chi connectivity index (χ2n) is 6.34. The maximum atomic E-state index is 14.2. The molecule has 0 aromatic heterocycles. The minimum atomic E-state index is -0.895. The van der Waals surface area contributed by atoms with Gasteiger partial charge in [-0.2, -0.15) is 0 Å². The molecule has 1 aliphatic rings. The van der Waals surface area contributed by atoms with Crippen LogP contribution in [0, 0.1) is 5.92 Å². The Hall–Kier alpha value is -1.98. The lowest BCUT2D eigenvalue weighted by molar-refractivity contribution is -0.142. The summed E-state index contributed by atoms with van der Waals surface area (Å²) in [6, 6.07) is 7.87. The van der Waals surface area contributed by atoms with Gasteiger partial charge in [-0.1, -0.05) is 57.7 Å². The van der Waals surface area contributed by atoms with Gasteiger partial charge >= 0.3 is 0 Å². The molecule has 1 aromatic rings. The molecule has 0 aliphatic heterocycles. The van der Waals surface area contributed by atoms with Crippen LogP contribution in [0.3, 0.4) is 0 Å². The SMILES string of the molecule is C=Cc1ccc(COC(C)OCC(C)C2=C(F)C(F)=C(OC)CC2)cc1.CC. The van der Waals surface area contributed by atoms with Crippen molar-refractivity contribution in [2.75, 3.05) is 13.7 Å². The van der Waals surface area contributed by atoms with E-state index in [2.05, 4.69) is 6.58 Å². The number of ether oxygens (including phenoxy) is 3. The van der Waals surface area contributed by atoms with Crippen molar-refractivity contribution in [2.24, 2.45) is 5.92 Å². The van der Waals surface area contributed by atoms with E-state index in [0.29, 0.717) is 25.0 Å². The third-order valence-corrected chi connectivity index (χ3v) is 4.46. The number of halogens is 2. The summed E-state index contributed by atoms with van der Waals surface area (Å²) < 4.78 is 44.2. The van der Waals surface area contributed by atoms with Gasteiger partial charge in [-0.25, -0.2) is 8.78 Å². The van der Waals surface area contributed by atoms with Crippen LogP contribution in [-0.4, -0.2) is 20.0 Å². The van der Waals surface area contributed by atoms with E-state index in [1.165, 1.54) is 7.11 Å². The minimum Gasteiger partial charge on any atom is -0.498 e. The highest BCUT2D eigenvalue weighted by Gasteiger charge is 2.26. The summed E-state index contributed by atoms with van der Waals surface area (Å²) in [4.78, 5) is 0. The molecule has 1 aliphatic carbocycles. The first-order valence-electron chi connectivity index (χ1n) is 9.72. The van der Waals surface area contributed by atoms with Crippen molar-refractivity contribution in [1.82, 2.24) is 0 Å². The molecule has 1 aromatic carbocycles. The Morgan fingerprint density at radius 2 is 1.68 bits per heavy atom. The number of allylic oxidation sites excluding steroid dienone is 3. The van der Waals surface area contributed by atoms with Gasteiger partial charge in [0.2, 0.25) is 0 Å². The summed E-state index contributed by atoms with van der Waals surface area (Å²) in [6.45, 7) is 12.0. The molecule has 156 valence electrons. The third-order valence-electron chi connectivity index (χ3n) is 4.46. The van der Waals surface area contributed by atoms with E-state index in [4.69, 9.17) is 14.2 Å². The molecule has 2 atom stereocenters. The molecule has 3 nitrogen and oxygen atoms in total. The highest BCUT2D eigenvalue weighted by Crippen LogP contribution is 2.36. The van der Waals surface area contributed by atoms with Gasteiger partial charge in [-0.05, 0) is 30.0 Å². The van der Waals surface area contributed by atoms with Crippen molar-refractivity contribution in [3.05, 3.63) is 65.0 Å². The highest BCUT2D eigenvalue weighted by molar-refractivity contribution is 5.47. The second kappa shape index (κ2) is 12.5. The van der Waals surface area contributed by atoms with Gasteiger partial charge in [0, 0.05) is 12.3 Å². The fraction of sp³-hybridized carbons (Fsp3) is 0.478. The van der Waals surface area contributed by atoms with E-state index >= 15 is 0 Å². The predicted octanol–water partition coefficient (Wildman–Crippen LogP) is 6.72. The fourth-order valence-electron chi connectivity index (χ4n) is 2.78. The molecule has 0 saturated carbocycles. The molecule has 0 saturated heterocycles. The molecule has 28 heavy (non-hydrogen) atoms. The van der Waals surface area contributed by atoms with E-state index in [-0.39, 0.29) is 18.3 Å². The molecule has 2 unspecified atom stereocenters. The topological polar surface area (TPSA) is 27.7 Å².